The average molecular weight is 256 g/mol. The number of amides is 1. The smallest absolute Gasteiger partial charge is 0.410 e. The third kappa shape index (κ3) is 2.78. The van der Waals surface area contributed by atoms with Gasteiger partial charge in [-0.3, -0.25) is 0 Å². The first-order valence-corrected chi connectivity index (χ1v) is 6.54. The molecule has 18 heavy (non-hydrogen) atoms. The van der Waals surface area contributed by atoms with Gasteiger partial charge in [0.05, 0.1) is 6.61 Å². The molecule has 0 aromatic heterocycles. The van der Waals surface area contributed by atoms with Gasteiger partial charge in [0.15, 0.2) is 0 Å². The standard InChI is InChI=1S/C13H24N2O3/c1-12(2,3)18-11(16)15-6-9-7-17-14-10(9)13(4,5)8-15/h9-10,14H,6-8H2,1-5H3/t9-,10+/m0/s1. The maximum absolute atomic E-state index is 12.1. The summed E-state index contributed by atoms with van der Waals surface area (Å²) in [5, 5.41) is 0. The second-order valence-electron chi connectivity index (χ2n) is 7.02. The predicted molar refractivity (Wildman–Crippen MR) is 68.0 cm³/mol. The van der Waals surface area contributed by atoms with Crippen molar-refractivity contribution in [3.05, 3.63) is 0 Å². The molecular weight excluding hydrogens is 232 g/mol. The molecule has 2 aliphatic heterocycles. The number of rotatable bonds is 0. The van der Waals surface area contributed by atoms with E-state index < -0.39 is 5.60 Å². The summed E-state index contributed by atoms with van der Waals surface area (Å²) in [5.74, 6) is 0.348. The highest BCUT2D eigenvalue weighted by molar-refractivity contribution is 5.68. The molecule has 5 heteroatoms. The van der Waals surface area contributed by atoms with Crippen molar-refractivity contribution < 1.29 is 14.4 Å². The van der Waals surface area contributed by atoms with E-state index in [4.69, 9.17) is 9.57 Å². The fourth-order valence-corrected chi connectivity index (χ4v) is 2.80. The lowest BCUT2D eigenvalue weighted by Crippen LogP contribution is -2.58. The quantitative estimate of drug-likeness (QED) is 0.718. The van der Waals surface area contributed by atoms with Crippen molar-refractivity contribution in [3.8, 4) is 0 Å². The Bertz CT molecular complexity index is 336. The van der Waals surface area contributed by atoms with Gasteiger partial charge in [-0.25, -0.2) is 4.79 Å². The molecule has 0 aliphatic carbocycles. The fourth-order valence-electron chi connectivity index (χ4n) is 2.80. The molecule has 5 nitrogen and oxygen atoms in total. The molecule has 2 aliphatic rings. The van der Waals surface area contributed by atoms with Gasteiger partial charge in [0.2, 0.25) is 0 Å². The number of nitrogens with one attached hydrogen (secondary N) is 1. The van der Waals surface area contributed by atoms with Gasteiger partial charge in [0, 0.05) is 30.5 Å². The van der Waals surface area contributed by atoms with Crippen molar-refractivity contribution in [2.75, 3.05) is 19.7 Å². The summed E-state index contributed by atoms with van der Waals surface area (Å²) < 4.78 is 5.44. The van der Waals surface area contributed by atoms with Crippen molar-refractivity contribution in [1.82, 2.24) is 10.4 Å². The summed E-state index contributed by atoms with van der Waals surface area (Å²) in [7, 11) is 0. The zero-order chi connectivity index (χ0) is 13.6. The van der Waals surface area contributed by atoms with E-state index in [1.54, 1.807) is 0 Å². The van der Waals surface area contributed by atoms with E-state index in [2.05, 4.69) is 19.3 Å². The first kappa shape index (κ1) is 13.6. The number of nitrogens with zero attached hydrogens (tertiary/aromatic N) is 1. The van der Waals surface area contributed by atoms with E-state index in [1.807, 2.05) is 25.7 Å². The van der Waals surface area contributed by atoms with Crippen LogP contribution in [0, 0.1) is 11.3 Å². The molecule has 1 N–H and O–H groups in total. The SMILES string of the molecule is CC(C)(C)OC(=O)N1C[C@H]2CON[C@H]2C(C)(C)C1. The highest BCUT2D eigenvalue weighted by atomic mass is 16.7. The Balaban J connectivity index is 2.05. The minimum Gasteiger partial charge on any atom is -0.444 e. The number of likely N-dealkylation sites (tertiary alicyclic amines) is 1. The van der Waals surface area contributed by atoms with Gasteiger partial charge in [-0.05, 0) is 20.8 Å². The van der Waals surface area contributed by atoms with Gasteiger partial charge in [-0.2, -0.15) is 5.48 Å². The summed E-state index contributed by atoms with van der Waals surface area (Å²) in [4.78, 5) is 19.3. The summed E-state index contributed by atoms with van der Waals surface area (Å²) in [6, 6.07) is 0.316. The molecule has 0 unspecified atom stereocenters. The van der Waals surface area contributed by atoms with Crippen LogP contribution < -0.4 is 5.48 Å². The van der Waals surface area contributed by atoms with E-state index in [9.17, 15) is 4.79 Å². The Labute approximate surface area is 109 Å². The average Bonchev–Trinajstić information content (AvgIpc) is 2.62. The zero-order valence-electron chi connectivity index (χ0n) is 11.9. The van der Waals surface area contributed by atoms with Gasteiger partial charge in [-0.1, -0.05) is 13.8 Å². The number of hydrogen-bond donors (Lipinski definition) is 1. The molecule has 0 aromatic rings. The molecule has 0 saturated carbocycles. The van der Waals surface area contributed by atoms with E-state index in [0.717, 1.165) is 0 Å². The monoisotopic (exact) mass is 256 g/mol. The molecule has 2 rings (SSSR count). The molecular formula is C13H24N2O3. The number of piperidine rings is 1. The van der Waals surface area contributed by atoms with Crippen LogP contribution in [0.3, 0.4) is 0 Å². The Morgan fingerprint density at radius 2 is 2.11 bits per heavy atom. The second kappa shape index (κ2) is 4.38. The molecule has 1 amide bonds. The van der Waals surface area contributed by atoms with Crippen molar-refractivity contribution in [3.63, 3.8) is 0 Å². The lowest BCUT2D eigenvalue weighted by molar-refractivity contribution is -0.00749. The molecule has 104 valence electrons. The van der Waals surface area contributed by atoms with Crippen molar-refractivity contribution in [2.45, 2.75) is 46.3 Å². The van der Waals surface area contributed by atoms with Crippen LogP contribution in [0.25, 0.3) is 0 Å². The molecule has 0 radical (unpaired) electrons. The van der Waals surface area contributed by atoms with E-state index in [0.29, 0.717) is 31.7 Å². The lowest BCUT2D eigenvalue weighted by Gasteiger charge is -2.44. The topological polar surface area (TPSA) is 50.8 Å². The van der Waals surface area contributed by atoms with Crippen LogP contribution in [0.5, 0.6) is 0 Å². The van der Waals surface area contributed by atoms with Crippen molar-refractivity contribution in [2.24, 2.45) is 11.3 Å². The second-order valence-corrected chi connectivity index (χ2v) is 7.02. The van der Waals surface area contributed by atoms with Crippen LogP contribution in [0.15, 0.2) is 0 Å². The van der Waals surface area contributed by atoms with Crippen LogP contribution >= 0.6 is 0 Å². The molecule has 0 bridgehead atoms. The van der Waals surface area contributed by atoms with Crippen LogP contribution in [-0.2, 0) is 9.57 Å². The minimum atomic E-state index is -0.442. The predicted octanol–water partition coefficient (Wildman–Crippen LogP) is 1.78. The van der Waals surface area contributed by atoms with Crippen molar-refractivity contribution in [1.29, 1.82) is 0 Å². The molecule has 0 spiro atoms. The number of fused-ring (bicyclic) bond motifs is 1. The lowest BCUT2D eigenvalue weighted by atomic mass is 9.75. The molecule has 2 fully saturated rings. The first-order valence-electron chi connectivity index (χ1n) is 6.54. The maximum atomic E-state index is 12.1. The van der Waals surface area contributed by atoms with Gasteiger partial charge in [0.25, 0.3) is 0 Å². The van der Waals surface area contributed by atoms with Crippen molar-refractivity contribution >= 4 is 6.09 Å². The largest absolute Gasteiger partial charge is 0.444 e. The van der Waals surface area contributed by atoms with Crippen LogP contribution in [-0.4, -0.2) is 42.3 Å². The summed E-state index contributed by atoms with van der Waals surface area (Å²) in [5.41, 5.74) is 2.63. The maximum Gasteiger partial charge on any atom is 0.410 e. The number of carbonyl (C=O) groups is 1. The Hall–Kier alpha value is -0.810. The number of ether oxygens (including phenoxy) is 1. The zero-order valence-corrected chi connectivity index (χ0v) is 11.9. The van der Waals surface area contributed by atoms with Crippen LogP contribution in [0.4, 0.5) is 4.79 Å². The third-order valence-corrected chi connectivity index (χ3v) is 3.53. The normalized spacial score (nSPS) is 31.1. The summed E-state index contributed by atoms with van der Waals surface area (Å²) >= 11 is 0. The highest BCUT2D eigenvalue weighted by Crippen LogP contribution is 2.36. The van der Waals surface area contributed by atoms with Gasteiger partial charge in [-0.15, -0.1) is 0 Å². The molecule has 2 atom stereocenters. The Kier molecular flexibility index (Phi) is 3.32. The molecule has 2 heterocycles. The van der Waals surface area contributed by atoms with Crippen LogP contribution in [0.1, 0.15) is 34.6 Å². The first-order chi connectivity index (χ1) is 8.19. The highest BCUT2D eigenvalue weighted by Gasteiger charge is 2.47. The van der Waals surface area contributed by atoms with Gasteiger partial charge in [0.1, 0.15) is 5.60 Å². The van der Waals surface area contributed by atoms with Crippen LogP contribution in [0.2, 0.25) is 0 Å². The van der Waals surface area contributed by atoms with E-state index in [-0.39, 0.29) is 11.5 Å². The number of hydrogen-bond acceptors (Lipinski definition) is 4. The summed E-state index contributed by atoms with van der Waals surface area (Å²) in [6.07, 6.45) is -0.221. The van der Waals surface area contributed by atoms with Gasteiger partial charge < -0.3 is 14.5 Å². The summed E-state index contributed by atoms with van der Waals surface area (Å²) in [6.45, 7) is 12.0. The minimum absolute atomic E-state index is 0.00365. The fraction of sp³-hybridized carbons (Fsp3) is 0.923. The number of hydroxylamine groups is 1. The van der Waals surface area contributed by atoms with E-state index >= 15 is 0 Å². The number of carbonyl (C=O) groups excluding carboxylic acids is 1. The van der Waals surface area contributed by atoms with E-state index in [1.165, 1.54) is 0 Å². The Morgan fingerprint density at radius 1 is 1.44 bits per heavy atom. The third-order valence-electron chi connectivity index (χ3n) is 3.53. The molecule has 2 saturated heterocycles. The molecule has 0 aromatic carbocycles. The van der Waals surface area contributed by atoms with Gasteiger partial charge >= 0.3 is 6.09 Å². The Morgan fingerprint density at radius 3 is 2.72 bits per heavy atom.